The molecule has 12 heteroatoms. The van der Waals surface area contributed by atoms with Crippen LogP contribution in [-0.2, 0) is 16.1 Å². The Morgan fingerprint density at radius 3 is 2.69 bits per heavy atom. The molecule has 3 aromatic heterocycles. The van der Waals surface area contributed by atoms with E-state index in [0.29, 0.717) is 42.5 Å². The second-order valence-electron chi connectivity index (χ2n) is 11.3. The molecule has 2 N–H and O–H groups in total. The maximum absolute atomic E-state index is 13.6. The summed E-state index contributed by atoms with van der Waals surface area (Å²) >= 11 is 1.46. The molecular weight excluding hydrogens is 558 g/mol. The molecule has 0 radical (unpaired) electrons. The molecule has 0 aromatic carbocycles. The third-order valence-corrected chi connectivity index (χ3v) is 9.38. The number of amides is 1. The van der Waals surface area contributed by atoms with Gasteiger partial charge in [0, 0.05) is 56.4 Å². The molecule has 0 unspecified atom stereocenters. The number of ether oxygens (including phenoxy) is 1. The van der Waals surface area contributed by atoms with Crippen LogP contribution in [0.2, 0.25) is 0 Å². The summed E-state index contributed by atoms with van der Waals surface area (Å²) in [5.41, 5.74) is 2.31. The average Bonchev–Trinajstić information content (AvgIpc) is 3.23. The number of aryl methyl sites for hydroxylation is 1. The number of H-pyrrole nitrogens is 1. The van der Waals surface area contributed by atoms with E-state index in [1.807, 2.05) is 32.2 Å². The molecule has 1 amide bonds. The van der Waals surface area contributed by atoms with Crippen LogP contribution in [0.5, 0.6) is 0 Å². The first kappa shape index (κ1) is 31.3. The number of hydrogen-bond acceptors (Lipinski definition) is 8. The number of fused-ring (bicyclic) bond motifs is 1. The number of nitrogens with zero attached hydrogens (tertiary/aromatic N) is 3. The molecule has 0 aliphatic heterocycles. The minimum atomic E-state index is -0.716. The van der Waals surface area contributed by atoms with Gasteiger partial charge in [0.1, 0.15) is 5.65 Å². The van der Waals surface area contributed by atoms with E-state index in [1.54, 1.807) is 19.2 Å². The molecule has 11 nitrogen and oxygen atoms in total. The van der Waals surface area contributed by atoms with E-state index >= 15 is 0 Å². The summed E-state index contributed by atoms with van der Waals surface area (Å²) in [7, 11) is 0. The van der Waals surface area contributed by atoms with Crippen molar-refractivity contribution >= 4 is 34.7 Å². The van der Waals surface area contributed by atoms with E-state index in [4.69, 9.17) is 4.74 Å². The molecule has 1 fully saturated rings. The second kappa shape index (κ2) is 13.1. The fourth-order valence-corrected chi connectivity index (χ4v) is 7.17. The number of nitro groups is 1. The van der Waals surface area contributed by atoms with E-state index in [2.05, 4.69) is 26.8 Å². The first-order chi connectivity index (χ1) is 20.0. The van der Waals surface area contributed by atoms with Crippen LogP contribution >= 0.6 is 11.8 Å². The summed E-state index contributed by atoms with van der Waals surface area (Å²) < 4.78 is 7.21. The first-order valence-electron chi connectivity index (χ1n) is 14.3. The largest absolute Gasteiger partial charge is 0.466 e. The number of esters is 1. The van der Waals surface area contributed by atoms with Crippen LogP contribution in [0.4, 0.5) is 0 Å². The third-order valence-electron chi connectivity index (χ3n) is 8.58. The van der Waals surface area contributed by atoms with Crippen molar-refractivity contribution in [3.63, 3.8) is 0 Å². The van der Waals surface area contributed by atoms with Gasteiger partial charge in [-0.15, -0.1) is 11.8 Å². The van der Waals surface area contributed by atoms with Gasteiger partial charge in [0.15, 0.2) is 0 Å². The molecule has 1 atom stereocenters. The van der Waals surface area contributed by atoms with Gasteiger partial charge in [-0.1, -0.05) is 0 Å². The Hall–Kier alpha value is -3.67. The Morgan fingerprint density at radius 2 is 2.05 bits per heavy atom. The number of aromatic nitrogens is 3. The van der Waals surface area contributed by atoms with E-state index < -0.39 is 11.4 Å². The van der Waals surface area contributed by atoms with E-state index in [0.717, 1.165) is 21.7 Å². The zero-order valence-corrected chi connectivity index (χ0v) is 25.6. The standard InChI is InChI=1S/C30H39N5O6S/c1-6-41-25(36)15-30(17-34(39)40)11-9-21(10-12-30)19(3)35-20(4)26(22-8-7-13-31-27(22)35)29(38)32-16-23-24(42-5)14-18(2)33-28(23)37/h7-8,13-14,19,21H,6,9-12,15-17H2,1-5H3,(H,32,38)(H,33,37)/t19-,21?,30?/m1/s1. The zero-order valence-electron chi connectivity index (χ0n) is 24.8. The molecular formula is C30H39N5O6S. The summed E-state index contributed by atoms with van der Waals surface area (Å²) in [6.45, 7) is 7.63. The number of rotatable bonds is 11. The molecule has 0 spiro atoms. The van der Waals surface area contributed by atoms with Crippen molar-refractivity contribution in [1.82, 2.24) is 19.9 Å². The summed E-state index contributed by atoms with van der Waals surface area (Å²) in [5, 5.41) is 15.2. The maximum Gasteiger partial charge on any atom is 0.306 e. The van der Waals surface area contributed by atoms with Gasteiger partial charge in [0.2, 0.25) is 6.54 Å². The Kier molecular flexibility index (Phi) is 9.75. The summed E-state index contributed by atoms with van der Waals surface area (Å²) in [6, 6.07) is 5.53. The van der Waals surface area contributed by atoms with E-state index in [-0.39, 0.29) is 54.5 Å². The van der Waals surface area contributed by atoms with Gasteiger partial charge in [-0.2, -0.15) is 0 Å². The topological polar surface area (TPSA) is 149 Å². The van der Waals surface area contributed by atoms with Crippen LogP contribution in [0.25, 0.3) is 11.0 Å². The van der Waals surface area contributed by atoms with Crippen molar-refractivity contribution in [2.45, 2.75) is 77.3 Å². The lowest BCUT2D eigenvalue weighted by atomic mass is 9.67. The van der Waals surface area contributed by atoms with Crippen molar-refractivity contribution in [3.05, 3.63) is 67.4 Å². The minimum absolute atomic E-state index is 0.0387. The Balaban J connectivity index is 1.58. The van der Waals surface area contributed by atoms with Crippen LogP contribution in [-0.4, -0.2) is 50.7 Å². The highest BCUT2D eigenvalue weighted by molar-refractivity contribution is 7.98. The quantitative estimate of drug-likeness (QED) is 0.136. The Bertz CT molecular complexity index is 1540. The SMILES string of the molecule is CCOC(=O)CC1(C[N+](=O)[O-])CCC([C@@H](C)n2c(C)c(C(=O)NCc3c(SC)cc(C)[nH]c3=O)c3cccnc32)CC1. The fraction of sp³-hybridized carbons (Fsp3) is 0.533. The molecule has 3 heterocycles. The molecule has 1 saturated carbocycles. The van der Waals surface area contributed by atoms with Crippen molar-refractivity contribution in [1.29, 1.82) is 0 Å². The van der Waals surface area contributed by atoms with Crippen LogP contribution in [0.3, 0.4) is 0 Å². The Morgan fingerprint density at radius 1 is 1.33 bits per heavy atom. The van der Waals surface area contributed by atoms with Gasteiger partial charge in [-0.05, 0) is 83.8 Å². The van der Waals surface area contributed by atoms with Gasteiger partial charge >= 0.3 is 5.97 Å². The molecule has 226 valence electrons. The third kappa shape index (κ3) is 6.53. The van der Waals surface area contributed by atoms with Crippen LogP contribution in [0.1, 0.15) is 79.3 Å². The number of carbonyl (C=O) groups excluding carboxylic acids is 2. The normalized spacial score (nSPS) is 19.4. The maximum atomic E-state index is 13.6. The summed E-state index contributed by atoms with van der Waals surface area (Å²) in [4.78, 5) is 58.0. The van der Waals surface area contributed by atoms with Crippen LogP contribution < -0.4 is 10.9 Å². The molecule has 0 saturated heterocycles. The van der Waals surface area contributed by atoms with Gasteiger partial charge in [-0.25, -0.2) is 4.98 Å². The van der Waals surface area contributed by atoms with Gasteiger partial charge in [0.05, 0.1) is 18.6 Å². The molecule has 42 heavy (non-hydrogen) atoms. The fourth-order valence-electron chi connectivity index (χ4n) is 6.46. The lowest BCUT2D eigenvalue weighted by molar-refractivity contribution is -0.499. The predicted octanol–water partition coefficient (Wildman–Crippen LogP) is 4.96. The molecule has 0 bridgehead atoms. The predicted molar refractivity (Wildman–Crippen MR) is 161 cm³/mol. The van der Waals surface area contributed by atoms with Gasteiger partial charge in [0.25, 0.3) is 11.5 Å². The van der Waals surface area contributed by atoms with Crippen molar-refractivity contribution in [2.75, 3.05) is 19.4 Å². The molecule has 1 aliphatic carbocycles. The molecule has 3 aromatic rings. The highest BCUT2D eigenvalue weighted by Crippen LogP contribution is 2.46. The monoisotopic (exact) mass is 597 g/mol. The number of hydrogen-bond donors (Lipinski definition) is 2. The van der Waals surface area contributed by atoms with E-state index in [1.165, 1.54) is 11.8 Å². The van der Waals surface area contributed by atoms with Crippen molar-refractivity contribution in [3.8, 4) is 0 Å². The lowest BCUT2D eigenvalue weighted by Gasteiger charge is -2.39. The second-order valence-corrected chi connectivity index (χ2v) is 12.1. The molecule has 1 aliphatic rings. The lowest BCUT2D eigenvalue weighted by Crippen LogP contribution is -2.38. The first-order valence-corrected chi connectivity index (χ1v) is 15.5. The van der Waals surface area contributed by atoms with Crippen LogP contribution in [0, 0.1) is 35.3 Å². The average molecular weight is 598 g/mol. The van der Waals surface area contributed by atoms with Gasteiger partial charge < -0.3 is 19.6 Å². The smallest absolute Gasteiger partial charge is 0.306 e. The summed E-state index contributed by atoms with van der Waals surface area (Å²) in [6.07, 6.45) is 6.14. The number of nitrogens with one attached hydrogen (secondary N) is 2. The zero-order chi connectivity index (χ0) is 30.6. The van der Waals surface area contributed by atoms with Crippen LogP contribution in [0.15, 0.2) is 34.1 Å². The highest BCUT2D eigenvalue weighted by atomic mass is 32.2. The highest BCUT2D eigenvalue weighted by Gasteiger charge is 2.43. The number of pyridine rings is 2. The number of thioether (sulfide) groups is 1. The van der Waals surface area contributed by atoms with Crippen molar-refractivity contribution in [2.24, 2.45) is 11.3 Å². The Labute approximate surface area is 249 Å². The number of aromatic amines is 1. The minimum Gasteiger partial charge on any atom is -0.466 e. The molecule has 4 rings (SSSR count). The summed E-state index contributed by atoms with van der Waals surface area (Å²) in [5.74, 6) is -0.503. The van der Waals surface area contributed by atoms with E-state index in [9.17, 15) is 24.5 Å². The number of carbonyl (C=O) groups is 2. The van der Waals surface area contributed by atoms with Crippen molar-refractivity contribution < 1.29 is 19.2 Å². The van der Waals surface area contributed by atoms with Gasteiger partial charge in [-0.3, -0.25) is 24.5 Å².